The van der Waals surface area contributed by atoms with E-state index in [1.54, 1.807) is 24.3 Å². The predicted octanol–water partition coefficient (Wildman–Crippen LogP) is 3.67. The van der Waals surface area contributed by atoms with Gasteiger partial charge in [-0.2, -0.15) is 9.29 Å². The van der Waals surface area contributed by atoms with Crippen molar-refractivity contribution in [2.75, 3.05) is 13.1 Å². The fourth-order valence-electron chi connectivity index (χ4n) is 3.40. The molecule has 2 heterocycles. The quantitative estimate of drug-likeness (QED) is 0.497. The Morgan fingerprint density at radius 2 is 1.84 bits per heavy atom. The highest BCUT2D eigenvalue weighted by atomic mass is 35.5. The van der Waals surface area contributed by atoms with Gasteiger partial charge in [0.1, 0.15) is 5.82 Å². The minimum absolute atomic E-state index is 0.0198. The highest BCUT2D eigenvalue weighted by molar-refractivity contribution is 7.89. The molecule has 0 spiro atoms. The Labute approximate surface area is 189 Å². The summed E-state index contributed by atoms with van der Waals surface area (Å²) in [7, 11) is -3.74. The van der Waals surface area contributed by atoms with E-state index in [1.807, 2.05) is 0 Å². The molecule has 0 aliphatic carbocycles. The molecule has 8 nitrogen and oxygen atoms in total. The van der Waals surface area contributed by atoms with E-state index in [2.05, 4.69) is 10.1 Å². The lowest BCUT2D eigenvalue weighted by molar-refractivity contribution is -0.151. The third-order valence-corrected chi connectivity index (χ3v) is 7.40. The van der Waals surface area contributed by atoms with Crippen LogP contribution in [-0.2, 0) is 26.2 Å². The summed E-state index contributed by atoms with van der Waals surface area (Å²) in [6.07, 6.45) is 0.632. The summed E-state index contributed by atoms with van der Waals surface area (Å²) in [4.78, 5) is 16.6. The van der Waals surface area contributed by atoms with Gasteiger partial charge in [0.15, 0.2) is 6.61 Å². The van der Waals surface area contributed by atoms with Crippen LogP contribution >= 0.6 is 11.6 Å². The van der Waals surface area contributed by atoms with Crippen LogP contribution in [0.5, 0.6) is 0 Å². The molecule has 1 aliphatic rings. The molecule has 3 aromatic rings. The van der Waals surface area contributed by atoms with Gasteiger partial charge >= 0.3 is 5.97 Å². The van der Waals surface area contributed by atoms with Crippen LogP contribution in [0.3, 0.4) is 0 Å². The van der Waals surface area contributed by atoms with Gasteiger partial charge < -0.3 is 9.26 Å². The predicted molar refractivity (Wildman–Crippen MR) is 112 cm³/mol. The first-order chi connectivity index (χ1) is 15.3. The van der Waals surface area contributed by atoms with Gasteiger partial charge in [0.25, 0.3) is 5.89 Å². The van der Waals surface area contributed by atoms with Gasteiger partial charge in [-0.3, -0.25) is 4.79 Å². The van der Waals surface area contributed by atoms with Gasteiger partial charge in [-0.05, 0) is 49.2 Å². The van der Waals surface area contributed by atoms with Crippen LogP contribution < -0.4 is 0 Å². The van der Waals surface area contributed by atoms with E-state index in [-0.39, 0.29) is 36.3 Å². The average Bonchev–Trinajstić information content (AvgIpc) is 3.27. The summed E-state index contributed by atoms with van der Waals surface area (Å²) in [6, 6.07) is 11.7. The maximum absolute atomic E-state index is 13.1. The highest BCUT2D eigenvalue weighted by Gasteiger charge is 2.33. The molecule has 0 atom stereocenters. The summed E-state index contributed by atoms with van der Waals surface area (Å²) in [5.74, 6) is -0.978. The first-order valence-electron chi connectivity index (χ1n) is 9.84. The molecule has 1 aromatic heterocycles. The lowest BCUT2D eigenvalue weighted by Gasteiger charge is -2.30. The van der Waals surface area contributed by atoms with Crippen LogP contribution in [0.2, 0.25) is 5.02 Å². The fraction of sp³-hybridized carbons (Fsp3) is 0.286. The lowest BCUT2D eigenvalue weighted by atomic mass is 9.98. The van der Waals surface area contributed by atoms with Crippen LogP contribution in [0.25, 0.3) is 11.5 Å². The Hall–Kier alpha value is -2.82. The van der Waals surface area contributed by atoms with E-state index in [4.69, 9.17) is 20.9 Å². The lowest BCUT2D eigenvalue weighted by Crippen LogP contribution is -2.40. The largest absolute Gasteiger partial charge is 0.457 e. The van der Waals surface area contributed by atoms with Gasteiger partial charge in [-0.25, -0.2) is 12.8 Å². The third kappa shape index (κ3) is 4.82. The van der Waals surface area contributed by atoms with Crippen LogP contribution in [0.4, 0.5) is 4.39 Å². The molecule has 1 aliphatic heterocycles. The molecule has 0 saturated carbocycles. The van der Waals surface area contributed by atoms with Crippen molar-refractivity contribution in [1.82, 2.24) is 14.4 Å². The number of benzene rings is 2. The molecule has 1 fully saturated rings. The van der Waals surface area contributed by atoms with E-state index in [1.165, 1.54) is 16.4 Å². The average molecular weight is 480 g/mol. The van der Waals surface area contributed by atoms with Crippen LogP contribution in [0.1, 0.15) is 18.7 Å². The summed E-state index contributed by atoms with van der Waals surface area (Å²) in [6.45, 7) is 0.164. The molecule has 0 bridgehead atoms. The third-order valence-electron chi connectivity index (χ3n) is 5.15. The number of hydrogen-bond donors (Lipinski definition) is 0. The molecule has 1 saturated heterocycles. The summed E-state index contributed by atoms with van der Waals surface area (Å²) in [5.41, 5.74) is 0.578. The van der Waals surface area contributed by atoms with Crippen molar-refractivity contribution in [3.8, 4) is 11.5 Å². The summed E-state index contributed by atoms with van der Waals surface area (Å²) < 4.78 is 50.2. The van der Waals surface area contributed by atoms with E-state index in [0.29, 0.717) is 23.4 Å². The Kier molecular flexibility index (Phi) is 6.54. The van der Waals surface area contributed by atoms with Crippen molar-refractivity contribution in [3.05, 3.63) is 65.2 Å². The molecule has 0 N–H and O–H groups in total. The van der Waals surface area contributed by atoms with Gasteiger partial charge in [0.2, 0.25) is 15.8 Å². The normalized spacial score (nSPS) is 15.6. The number of carbonyl (C=O) groups is 1. The molecule has 0 unspecified atom stereocenters. The maximum atomic E-state index is 13.1. The Bertz CT molecular complexity index is 1210. The standard InChI is InChI=1S/C21H19ClFN3O5S/c22-18-4-2-1-3-17(18)20-24-19(25-31-20)13-30-21(27)14-9-11-26(12-10-14)32(28,29)16-7-5-15(23)6-8-16/h1-8,14H,9-13H2. The first kappa shape index (κ1) is 22.4. The van der Waals surface area contributed by atoms with E-state index >= 15 is 0 Å². The maximum Gasteiger partial charge on any atom is 0.309 e. The van der Waals surface area contributed by atoms with Crippen LogP contribution in [0.15, 0.2) is 57.9 Å². The SMILES string of the molecule is O=C(OCc1noc(-c2ccccc2Cl)n1)C1CCN(S(=O)(=O)c2ccc(F)cc2)CC1. The molecular weight excluding hydrogens is 461 g/mol. The number of halogens is 2. The molecular formula is C21H19ClFN3O5S. The zero-order valence-corrected chi connectivity index (χ0v) is 18.4. The van der Waals surface area contributed by atoms with E-state index in [0.717, 1.165) is 12.1 Å². The zero-order chi connectivity index (χ0) is 22.7. The van der Waals surface area contributed by atoms with Crippen molar-refractivity contribution in [2.24, 2.45) is 5.92 Å². The molecule has 2 aromatic carbocycles. The summed E-state index contributed by atoms with van der Waals surface area (Å²) in [5, 5.41) is 4.26. The molecule has 11 heteroatoms. The number of piperidine rings is 1. The van der Waals surface area contributed by atoms with Crippen molar-refractivity contribution < 1.29 is 26.9 Å². The summed E-state index contributed by atoms with van der Waals surface area (Å²) >= 11 is 6.11. The zero-order valence-electron chi connectivity index (χ0n) is 16.8. The second-order valence-corrected chi connectivity index (χ2v) is 9.58. The number of esters is 1. The second-order valence-electron chi connectivity index (χ2n) is 7.24. The van der Waals surface area contributed by atoms with E-state index in [9.17, 15) is 17.6 Å². The van der Waals surface area contributed by atoms with Crippen molar-refractivity contribution in [2.45, 2.75) is 24.3 Å². The van der Waals surface area contributed by atoms with E-state index < -0.39 is 27.7 Å². The Morgan fingerprint density at radius 1 is 1.16 bits per heavy atom. The number of rotatable bonds is 6. The number of hydrogen-bond acceptors (Lipinski definition) is 7. The fourth-order valence-corrected chi connectivity index (χ4v) is 5.08. The number of aromatic nitrogens is 2. The smallest absolute Gasteiger partial charge is 0.309 e. The van der Waals surface area contributed by atoms with Crippen molar-refractivity contribution in [1.29, 1.82) is 0 Å². The van der Waals surface area contributed by atoms with Gasteiger partial charge in [0, 0.05) is 13.1 Å². The minimum Gasteiger partial charge on any atom is -0.457 e. The number of nitrogens with zero attached hydrogens (tertiary/aromatic N) is 3. The van der Waals surface area contributed by atoms with Gasteiger partial charge in [-0.1, -0.05) is 28.9 Å². The first-order valence-corrected chi connectivity index (χ1v) is 11.7. The molecule has 0 amide bonds. The molecule has 32 heavy (non-hydrogen) atoms. The Balaban J connectivity index is 1.31. The van der Waals surface area contributed by atoms with Crippen LogP contribution in [-0.4, -0.2) is 41.9 Å². The van der Waals surface area contributed by atoms with Gasteiger partial charge in [0.05, 0.1) is 21.4 Å². The van der Waals surface area contributed by atoms with Crippen LogP contribution in [0, 0.1) is 11.7 Å². The molecule has 0 radical (unpaired) electrons. The number of sulfonamides is 1. The second kappa shape index (κ2) is 9.35. The van der Waals surface area contributed by atoms with Crippen molar-refractivity contribution in [3.63, 3.8) is 0 Å². The molecule has 168 valence electrons. The highest BCUT2D eigenvalue weighted by Crippen LogP contribution is 2.27. The van der Waals surface area contributed by atoms with Crippen molar-refractivity contribution >= 4 is 27.6 Å². The van der Waals surface area contributed by atoms with Gasteiger partial charge in [-0.15, -0.1) is 0 Å². The monoisotopic (exact) mass is 479 g/mol. The number of carbonyl (C=O) groups excluding carboxylic acids is 1. The topological polar surface area (TPSA) is 103 Å². The molecule has 4 rings (SSSR count). The minimum atomic E-state index is -3.74. The number of ether oxygens (including phenoxy) is 1. The Morgan fingerprint density at radius 3 is 2.53 bits per heavy atom.